The minimum Gasteiger partial charge on any atom is -0.497 e. The lowest BCUT2D eigenvalue weighted by Crippen LogP contribution is -2.71. The number of alkyl halides is 1. The lowest BCUT2D eigenvalue weighted by Gasteiger charge is -2.49. The van der Waals surface area contributed by atoms with Gasteiger partial charge in [-0.25, -0.2) is 19.4 Å². The molecule has 3 heterocycles. The van der Waals surface area contributed by atoms with E-state index in [9.17, 15) is 24.0 Å². The summed E-state index contributed by atoms with van der Waals surface area (Å²) in [5.41, 5.74) is -1.98. The number of halogens is 1. The van der Waals surface area contributed by atoms with Crippen LogP contribution in [0.5, 0.6) is 5.75 Å². The van der Waals surface area contributed by atoms with E-state index in [0.717, 1.165) is 22.5 Å². The fourth-order valence-electron chi connectivity index (χ4n) is 4.56. The van der Waals surface area contributed by atoms with Crippen molar-refractivity contribution in [2.75, 3.05) is 22.6 Å². The molecule has 2 atom stereocenters. The van der Waals surface area contributed by atoms with E-state index in [1.165, 1.54) is 35.9 Å². The standard InChI is InChI=1S/C34H42IN5O10S2/c1-32(2,3)48-29(44)34(7,8)50-39-22(21-17-52-30(36-21)38-31(45)49-33(4,5)6)25(41)37-23-26(42)40-24(19(14-35)16-51-27(23)40)28(43)47-15-18-10-12-20(46-9)13-11-18/h10-13,17,23,27H,14-16H2,1-9H3,(H,37,41)(H,36,38,45)/t23-,27-/m1/s1. The summed E-state index contributed by atoms with van der Waals surface area (Å²) in [6.45, 7) is 13.1. The summed E-state index contributed by atoms with van der Waals surface area (Å²) in [6, 6.07) is 6.01. The van der Waals surface area contributed by atoms with Crippen LogP contribution in [0.15, 0.2) is 46.1 Å². The van der Waals surface area contributed by atoms with Gasteiger partial charge in [-0.1, -0.05) is 39.9 Å². The van der Waals surface area contributed by atoms with Crippen molar-refractivity contribution in [2.45, 2.75) is 90.2 Å². The summed E-state index contributed by atoms with van der Waals surface area (Å²) in [5, 5.41) is 10.2. The zero-order chi connectivity index (χ0) is 38.6. The number of amides is 3. The number of ether oxygens (including phenoxy) is 4. The molecular formula is C34H42IN5O10S2. The van der Waals surface area contributed by atoms with Crippen LogP contribution in [0, 0.1) is 0 Å². The third kappa shape index (κ3) is 10.4. The van der Waals surface area contributed by atoms with Crippen molar-refractivity contribution in [1.29, 1.82) is 0 Å². The van der Waals surface area contributed by atoms with Crippen molar-refractivity contribution < 1.29 is 47.8 Å². The number of oxime groups is 1. The molecule has 0 radical (unpaired) electrons. The fourth-order valence-corrected chi connectivity index (χ4v) is 7.58. The quantitative estimate of drug-likeness (QED) is 0.0544. The number of thioether (sulfide) groups is 1. The molecule has 2 aliphatic heterocycles. The molecule has 1 aromatic carbocycles. The van der Waals surface area contributed by atoms with Gasteiger partial charge in [-0.3, -0.25) is 19.8 Å². The van der Waals surface area contributed by atoms with Crippen molar-refractivity contribution in [2.24, 2.45) is 5.16 Å². The van der Waals surface area contributed by atoms with Gasteiger partial charge < -0.3 is 29.1 Å². The molecule has 0 bridgehead atoms. The van der Waals surface area contributed by atoms with Crippen LogP contribution in [-0.4, -0.2) is 91.0 Å². The topological polar surface area (TPSA) is 184 Å². The van der Waals surface area contributed by atoms with Gasteiger partial charge in [0.15, 0.2) is 10.8 Å². The molecular weight excluding hydrogens is 829 g/mol. The number of fused-ring (bicyclic) bond motifs is 1. The minimum absolute atomic E-state index is 0.0108. The molecule has 15 nitrogen and oxygen atoms in total. The van der Waals surface area contributed by atoms with E-state index < -0.39 is 58.1 Å². The number of carbonyl (C=O) groups excluding carboxylic acids is 5. The molecule has 0 saturated carbocycles. The Morgan fingerprint density at radius 3 is 2.27 bits per heavy atom. The zero-order valence-corrected chi connectivity index (χ0v) is 34.1. The number of nitrogens with one attached hydrogen (secondary N) is 2. The van der Waals surface area contributed by atoms with Crippen molar-refractivity contribution in [3.05, 3.63) is 52.2 Å². The Balaban J connectivity index is 1.54. The Morgan fingerprint density at radius 1 is 1.02 bits per heavy atom. The Bertz CT molecular complexity index is 1760. The second-order valence-corrected chi connectivity index (χ2v) is 16.8. The maximum Gasteiger partial charge on any atom is 0.413 e. The van der Waals surface area contributed by atoms with E-state index >= 15 is 0 Å². The van der Waals surface area contributed by atoms with Gasteiger partial charge in [0.2, 0.25) is 5.60 Å². The Morgan fingerprint density at radius 2 is 1.67 bits per heavy atom. The van der Waals surface area contributed by atoms with Gasteiger partial charge in [0.25, 0.3) is 11.8 Å². The first kappa shape index (κ1) is 40.9. The SMILES string of the molecule is COc1ccc(COC(=O)C2=C(CI)CS[C@@H]3[C@H](NC(=O)C(=NOC(C)(C)C(=O)OC(C)(C)C)c4csc(NC(=O)OC(C)(C)C)n4)C(=O)N23)cc1. The number of anilines is 1. The minimum atomic E-state index is -1.63. The van der Waals surface area contributed by atoms with Gasteiger partial charge in [-0.2, -0.15) is 0 Å². The van der Waals surface area contributed by atoms with Gasteiger partial charge in [0, 0.05) is 15.6 Å². The number of β-lactam (4-membered cyclic amide) rings is 1. The zero-order valence-electron chi connectivity index (χ0n) is 30.3. The molecule has 1 fully saturated rings. The van der Waals surface area contributed by atoms with E-state index in [1.807, 2.05) is 0 Å². The number of hydrogen-bond acceptors (Lipinski definition) is 14. The number of methoxy groups -OCH3 is 1. The van der Waals surface area contributed by atoms with Crippen LogP contribution in [0.2, 0.25) is 0 Å². The highest BCUT2D eigenvalue weighted by atomic mass is 127. The van der Waals surface area contributed by atoms with E-state index in [2.05, 4.69) is 43.4 Å². The summed E-state index contributed by atoms with van der Waals surface area (Å²) >= 11 is 4.51. The number of carbonyl (C=O) groups is 5. The third-order valence-corrected chi connectivity index (χ3v) is 10.1. The molecule has 18 heteroatoms. The van der Waals surface area contributed by atoms with Crippen LogP contribution in [-0.2, 0) is 44.8 Å². The third-order valence-electron chi connectivity index (χ3n) is 7.04. The summed E-state index contributed by atoms with van der Waals surface area (Å²) < 4.78 is 22.0. The van der Waals surface area contributed by atoms with E-state index in [-0.39, 0.29) is 28.8 Å². The van der Waals surface area contributed by atoms with Crippen LogP contribution in [0.3, 0.4) is 0 Å². The summed E-state index contributed by atoms with van der Waals surface area (Å²) in [4.78, 5) is 77.3. The van der Waals surface area contributed by atoms with Gasteiger partial charge >= 0.3 is 18.0 Å². The molecule has 0 aliphatic carbocycles. The van der Waals surface area contributed by atoms with Crippen molar-refractivity contribution >= 4 is 86.4 Å². The molecule has 1 aromatic heterocycles. The molecule has 3 amide bonds. The number of aromatic nitrogens is 1. The van der Waals surface area contributed by atoms with Crippen LogP contribution >= 0.6 is 45.7 Å². The lowest BCUT2D eigenvalue weighted by molar-refractivity contribution is -0.179. The highest BCUT2D eigenvalue weighted by molar-refractivity contribution is 14.1. The molecule has 1 saturated heterocycles. The van der Waals surface area contributed by atoms with Gasteiger partial charge in [0.05, 0.1) is 7.11 Å². The number of rotatable bonds is 12. The van der Waals surface area contributed by atoms with Crippen LogP contribution in [0.1, 0.15) is 66.6 Å². The highest BCUT2D eigenvalue weighted by Crippen LogP contribution is 2.41. The van der Waals surface area contributed by atoms with Gasteiger partial charge in [0.1, 0.15) is 46.4 Å². The van der Waals surface area contributed by atoms with Crippen molar-refractivity contribution in [1.82, 2.24) is 15.2 Å². The first-order valence-electron chi connectivity index (χ1n) is 16.0. The van der Waals surface area contributed by atoms with Crippen LogP contribution in [0.4, 0.5) is 9.93 Å². The lowest BCUT2D eigenvalue weighted by atomic mass is 10.0. The maximum absolute atomic E-state index is 13.9. The fraction of sp³-hybridized carbons (Fsp3) is 0.500. The van der Waals surface area contributed by atoms with Gasteiger partial charge in [-0.05, 0) is 78.7 Å². The monoisotopic (exact) mass is 871 g/mol. The summed E-state index contributed by atoms with van der Waals surface area (Å²) in [7, 11) is 1.56. The first-order chi connectivity index (χ1) is 24.2. The van der Waals surface area contributed by atoms with Crippen LogP contribution < -0.4 is 15.4 Å². The number of thiazole rings is 1. The predicted molar refractivity (Wildman–Crippen MR) is 203 cm³/mol. The first-order valence-corrected chi connectivity index (χ1v) is 19.5. The highest BCUT2D eigenvalue weighted by Gasteiger charge is 2.54. The molecule has 2 aromatic rings. The maximum atomic E-state index is 13.9. The average Bonchev–Trinajstić information content (AvgIpc) is 3.51. The largest absolute Gasteiger partial charge is 0.497 e. The predicted octanol–water partition coefficient (Wildman–Crippen LogP) is 5.17. The number of benzene rings is 1. The number of hydrogen-bond donors (Lipinski definition) is 2. The van der Waals surface area contributed by atoms with Crippen molar-refractivity contribution in [3.8, 4) is 5.75 Å². The normalized spacial score (nSPS) is 17.8. The van der Waals surface area contributed by atoms with E-state index in [4.69, 9.17) is 23.8 Å². The average molecular weight is 872 g/mol. The molecule has 0 unspecified atom stereocenters. The summed E-state index contributed by atoms with van der Waals surface area (Å²) in [6.07, 6.45) is -0.759. The summed E-state index contributed by atoms with van der Waals surface area (Å²) in [5.74, 6) is -1.67. The molecule has 2 N–H and O–H groups in total. The number of nitrogens with zero attached hydrogens (tertiary/aromatic N) is 3. The molecule has 4 rings (SSSR count). The smallest absolute Gasteiger partial charge is 0.413 e. The van der Waals surface area contributed by atoms with E-state index in [0.29, 0.717) is 15.9 Å². The Hall–Kier alpha value is -3.91. The Labute approximate surface area is 323 Å². The van der Waals surface area contributed by atoms with E-state index in [1.54, 1.807) is 72.9 Å². The molecule has 0 spiro atoms. The molecule has 282 valence electrons. The van der Waals surface area contributed by atoms with Gasteiger partial charge in [-0.15, -0.1) is 23.1 Å². The van der Waals surface area contributed by atoms with Crippen LogP contribution in [0.25, 0.3) is 0 Å². The second kappa shape index (κ2) is 16.4. The number of esters is 2. The Kier molecular flexibility index (Phi) is 12.9. The molecule has 2 aliphatic rings. The van der Waals surface area contributed by atoms with Crippen molar-refractivity contribution in [3.63, 3.8) is 0 Å². The molecule has 52 heavy (non-hydrogen) atoms. The second-order valence-electron chi connectivity index (χ2n) is 14.1.